The molecule has 3 heteroatoms. The first-order valence-corrected chi connectivity index (χ1v) is 7.56. The Hall–Kier alpha value is -1.09. The molecule has 0 spiro atoms. The second-order valence-corrected chi connectivity index (χ2v) is 6.62. The fraction of sp³-hybridized carbons (Fsp3) is 0.562. The molecule has 0 heterocycles. The summed E-state index contributed by atoms with van der Waals surface area (Å²) in [4.78, 5) is 0. The van der Waals surface area contributed by atoms with Crippen molar-refractivity contribution in [1.82, 2.24) is 5.32 Å². The molecule has 2 N–H and O–H groups in total. The molecular weight excluding hydrogens is 252 g/mol. The monoisotopic (exact) mass is 276 g/mol. The predicted octanol–water partition coefficient (Wildman–Crippen LogP) is 4.11. The summed E-state index contributed by atoms with van der Waals surface area (Å²) < 4.78 is 0. The molecule has 104 valence electrons. The van der Waals surface area contributed by atoms with Gasteiger partial charge >= 0.3 is 0 Å². The maximum absolute atomic E-state index is 5.43. The predicted molar refractivity (Wildman–Crippen MR) is 86.6 cm³/mol. The molecule has 0 aromatic heterocycles. The van der Waals surface area contributed by atoms with E-state index in [2.05, 4.69) is 49.6 Å². The zero-order valence-corrected chi connectivity index (χ0v) is 12.9. The van der Waals surface area contributed by atoms with E-state index in [4.69, 9.17) is 12.2 Å². The van der Waals surface area contributed by atoms with E-state index in [9.17, 15) is 0 Å². The van der Waals surface area contributed by atoms with Gasteiger partial charge in [0.1, 0.15) is 0 Å². The van der Waals surface area contributed by atoms with Gasteiger partial charge in [-0.15, -0.1) is 0 Å². The zero-order valence-electron chi connectivity index (χ0n) is 12.1. The van der Waals surface area contributed by atoms with Gasteiger partial charge in [0.15, 0.2) is 5.11 Å². The van der Waals surface area contributed by atoms with Crippen LogP contribution in [0.15, 0.2) is 24.3 Å². The molecule has 1 aromatic carbocycles. The Balaban J connectivity index is 1.91. The van der Waals surface area contributed by atoms with Crippen LogP contribution in [0.4, 0.5) is 5.69 Å². The molecule has 1 aliphatic carbocycles. The van der Waals surface area contributed by atoms with Crippen LogP contribution >= 0.6 is 12.2 Å². The molecule has 1 aromatic rings. The lowest BCUT2D eigenvalue weighted by atomic mass is 9.92. The van der Waals surface area contributed by atoms with Gasteiger partial charge in [-0.2, -0.15) is 0 Å². The molecule has 0 saturated heterocycles. The van der Waals surface area contributed by atoms with Crippen molar-refractivity contribution >= 4 is 23.0 Å². The molecule has 1 atom stereocenters. The van der Waals surface area contributed by atoms with Crippen LogP contribution in [-0.4, -0.2) is 11.2 Å². The van der Waals surface area contributed by atoms with Gasteiger partial charge in [-0.1, -0.05) is 39.0 Å². The first-order valence-electron chi connectivity index (χ1n) is 7.15. The van der Waals surface area contributed by atoms with Gasteiger partial charge in [-0.3, -0.25) is 0 Å². The molecule has 2 nitrogen and oxygen atoms in total. The minimum absolute atomic E-state index is 0.453. The lowest BCUT2D eigenvalue weighted by molar-refractivity contribution is 0.372. The van der Waals surface area contributed by atoms with Crippen molar-refractivity contribution in [2.75, 3.05) is 5.32 Å². The van der Waals surface area contributed by atoms with Crippen LogP contribution in [0.3, 0.4) is 0 Å². The molecule has 2 rings (SSSR count). The third-order valence-electron chi connectivity index (χ3n) is 3.95. The Bertz CT molecular complexity index is 454. The summed E-state index contributed by atoms with van der Waals surface area (Å²) in [5.41, 5.74) is 2.88. The number of nitrogens with one attached hydrogen (secondary N) is 2. The first kappa shape index (κ1) is 14.3. The fourth-order valence-electron chi connectivity index (χ4n) is 2.85. The minimum atomic E-state index is 0.453. The van der Waals surface area contributed by atoms with E-state index < -0.39 is 0 Å². The summed E-state index contributed by atoms with van der Waals surface area (Å²) in [5, 5.41) is 7.54. The van der Waals surface area contributed by atoms with Crippen LogP contribution in [-0.2, 0) is 6.42 Å². The standard InChI is InChI=1S/C16H24N2S/c1-4-12-7-5-6-8-14(12)18-15(19)17-13-9-10-16(2,3)11-13/h5-8,13H,4,9-11H2,1-3H3,(H2,17,18,19). The van der Waals surface area contributed by atoms with Crippen LogP contribution in [0, 0.1) is 5.41 Å². The first-order chi connectivity index (χ1) is 9.00. The quantitative estimate of drug-likeness (QED) is 0.812. The highest BCUT2D eigenvalue weighted by Crippen LogP contribution is 2.36. The maximum atomic E-state index is 5.43. The Labute approximate surface area is 122 Å². The smallest absolute Gasteiger partial charge is 0.171 e. The number of hydrogen-bond acceptors (Lipinski definition) is 1. The van der Waals surface area contributed by atoms with Gasteiger partial charge in [-0.05, 0) is 54.9 Å². The van der Waals surface area contributed by atoms with Crippen molar-refractivity contribution in [3.8, 4) is 0 Å². The number of thiocarbonyl (C=S) groups is 1. The summed E-state index contributed by atoms with van der Waals surface area (Å²) >= 11 is 5.43. The van der Waals surface area contributed by atoms with Crippen molar-refractivity contribution in [2.24, 2.45) is 5.41 Å². The maximum Gasteiger partial charge on any atom is 0.171 e. The molecule has 0 radical (unpaired) electrons. The number of aryl methyl sites for hydroxylation is 1. The van der Waals surface area contributed by atoms with E-state index in [1.54, 1.807) is 0 Å². The molecule has 0 aliphatic heterocycles. The number of benzene rings is 1. The summed E-state index contributed by atoms with van der Waals surface area (Å²) in [5.74, 6) is 0. The van der Waals surface area contributed by atoms with E-state index in [0.717, 1.165) is 17.2 Å². The second kappa shape index (κ2) is 5.91. The Morgan fingerprint density at radius 3 is 2.74 bits per heavy atom. The lowest BCUT2D eigenvalue weighted by Crippen LogP contribution is -2.36. The van der Waals surface area contributed by atoms with Crippen LogP contribution in [0.2, 0.25) is 0 Å². The van der Waals surface area contributed by atoms with E-state index >= 15 is 0 Å². The second-order valence-electron chi connectivity index (χ2n) is 6.21. The third kappa shape index (κ3) is 3.93. The minimum Gasteiger partial charge on any atom is -0.360 e. The molecule has 0 amide bonds. The van der Waals surface area contributed by atoms with Crippen molar-refractivity contribution in [2.45, 2.75) is 52.5 Å². The summed E-state index contributed by atoms with van der Waals surface area (Å²) in [6, 6.07) is 8.86. The molecular formula is C16H24N2S. The Morgan fingerprint density at radius 2 is 2.11 bits per heavy atom. The van der Waals surface area contributed by atoms with Gasteiger partial charge in [-0.25, -0.2) is 0 Å². The van der Waals surface area contributed by atoms with Gasteiger partial charge in [0, 0.05) is 11.7 Å². The highest BCUT2D eigenvalue weighted by atomic mass is 32.1. The molecule has 1 aliphatic rings. The normalized spacial score (nSPS) is 21.1. The van der Waals surface area contributed by atoms with Gasteiger partial charge in [0.25, 0.3) is 0 Å². The lowest BCUT2D eigenvalue weighted by Gasteiger charge is -2.20. The SMILES string of the molecule is CCc1ccccc1NC(=S)NC1CCC(C)(C)C1. The Morgan fingerprint density at radius 1 is 1.37 bits per heavy atom. The summed E-state index contributed by atoms with van der Waals surface area (Å²) in [7, 11) is 0. The van der Waals surface area contributed by atoms with E-state index in [1.807, 2.05) is 6.07 Å². The number of rotatable bonds is 3. The zero-order chi connectivity index (χ0) is 13.9. The summed E-state index contributed by atoms with van der Waals surface area (Å²) in [6.45, 7) is 6.82. The highest BCUT2D eigenvalue weighted by Gasteiger charge is 2.31. The van der Waals surface area contributed by atoms with E-state index in [-0.39, 0.29) is 0 Å². The fourth-order valence-corrected chi connectivity index (χ4v) is 3.13. The van der Waals surface area contributed by atoms with Gasteiger partial charge < -0.3 is 10.6 Å². The number of para-hydroxylation sites is 1. The van der Waals surface area contributed by atoms with Crippen molar-refractivity contribution in [1.29, 1.82) is 0 Å². The van der Waals surface area contributed by atoms with E-state index in [0.29, 0.717) is 11.5 Å². The highest BCUT2D eigenvalue weighted by molar-refractivity contribution is 7.80. The summed E-state index contributed by atoms with van der Waals surface area (Å²) in [6.07, 6.45) is 4.70. The van der Waals surface area contributed by atoms with Gasteiger partial charge in [0.2, 0.25) is 0 Å². The van der Waals surface area contributed by atoms with Crippen LogP contribution in [0.25, 0.3) is 0 Å². The largest absolute Gasteiger partial charge is 0.360 e. The van der Waals surface area contributed by atoms with Crippen molar-refractivity contribution in [3.63, 3.8) is 0 Å². The molecule has 0 bridgehead atoms. The molecule has 1 saturated carbocycles. The van der Waals surface area contributed by atoms with Crippen LogP contribution < -0.4 is 10.6 Å². The van der Waals surface area contributed by atoms with E-state index in [1.165, 1.54) is 24.8 Å². The average Bonchev–Trinajstić information content (AvgIpc) is 2.69. The Kier molecular flexibility index (Phi) is 4.46. The molecule has 1 fully saturated rings. The molecule has 19 heavy (non-hydrogen) atoms. The van der Waals surface area contributed by atoms with Gasteiger partial charge in [0.05, 0.1) is 0 Å². The van der Waals surface area contributed by atoms with Crippen molar-refractivity contribution in [3.05, 3.63) is 29.8 Å². The number of anilines is 1. The average molecular weight is 276 g/mol. The van der Waals surface area contributed by atoms with Crippen molar-refractivity contribution < 1.29 is 0 Å². The van der Waals surface area contributed by atoms with Crippen LogP contribution in [0.5, 0.6) is 0 Å². The molecule has 1 unspecified atom stereocenters. The topological polar surface area (TPSA) is 24.1 Å². The number of hydrogen-bond donors (Lipinski definition) is 2. The third-order valence-corrected chi connectivity index (χ3v) is 4.17. The van der Waals surface area contributed by atoms with Crippen LogP contribution in [0.1, 0.15) is 45.6 Å².